The Bertz CT molecular complexity index is 528. The molecule has 2 rings (SSSR count). The van der Waals surface area contributed by atoms with Crippen LogP contribution in [0.1, 0.15) is 24.0 Å². The Hall–Kier alpha value is -1.60. The first kappa shape index (κ1) is 17.7. The molecule has 1 N–H and O–H groups in total. The summed E-state index contributed by atoms with van der Waals surface area (Å²) < 4.78 is 43.4. The molecule has 23 heavy (non-hydrogen) atoms. The first-order valence-corrected chi connectivity index (χ1v) is 7.57. The van der Waals surface area contributed by atoms with Crippen molar-refractivity contribution in [1.82, 2.24) is 10.2 Å². The molecule has 1 atom stereocenters. The number of rotatable bonds is 6. The van der Waals surface area contributed by atoms with Crippen molar-refractivity contribution in [2.45, 2.75) is 31.7 Å². The number of nitrogens with one attached hydrogen (secondary N) is 1. The molecule has 0 aliphatic carbocycles. The van der Waals surface area contributed by atoms with E-state index >= 15 is 0 Å². The van der Waals surface area contributed by atoms with Crippen molar-refractivity contribution >= 4 is 5.91 Å². The van der Waals surface area contributed by atoms with Crippen LogP contribution < -0.4 is 5.32 Å². The second kappa shape index (κ2) is 7.79. The van der Waals surface area contributed by atoms with Gasteiger partial charge in [0.2, 0.25) is 5.91 Å². The van der Waals surface area contributed by atoms with E-state index in [1.54, 1.807) is 18.0 Å². The Labute approximate surface area is 133 Å². The number of carbonyl (C=O) groups excluding carboxylic acids is 1. The molecule has 0 spiro atoms. The first-order valence-electron chi connectivity index (χ1n) is 7.57. The van der Waals surface area contributed by atoms with Crippen LogP contribution in [0.4, 0.5) is 13.2 Å². The van der Waals surface area contributed by atoms with Gasteiger partial charge in [0.15, 0.2) is 0 Å². The molecular formula is C16H21F3N2O2. The third-order valence-corrected chi connectivity index (χ3v) is 3.67. The highest BCUT2D eigenvalue weighted by Crippen LogP contribution is 2.29. The third-order valence-electron chi connectivity index (χ3n) is 3.67. The topological polar surface area (TPSA) is 41.6 Å². The molecule has 7 heteroatoms. The Morgan fingerprint density at radius 2 is 2.22 bits per heavy atom. The van der Waals surface area contributed by atoms with Gasteiger partial charge in [-0.2, -0.15) is 13.2 Å². The number of alkyl halides is 3. The van der Waals surface area contributed by atoms with Crippen molar-refractivity contribution < 1.29 is 22.7 Å². The molecular weight excluding hydrogens is 309 g/mol. The van der Waals surface area contributed by atoms with Gasteiger partial charge in [0.1, 0.15) is 0 Å². The molecule has 1 amide bonds. The minimum atomic E-state index is -4.35. The van der Waals surface area contributed by atoms with E-state index in [1.165, 1.54) is 6.07 Å². The third kappa shape index (κ3) is 5.84. The molecule has 1 aliphatic heterocycles. The Balaban J connectivity index is 1.79. The smallest absolute Gasteiger partial charge is 0.376 e. The van der Waals surface area contributed by atoms with Gasteiger partial charge in [-0.15, -0.1) is 0 Å². The number of amides is 1. The van der Waals surface area contributed by atoms with E-state index in [0.717, 1.165) is 31.6 Å². The average molecular weight is 330 g/mol. The maximum absolute atomic E-state index is 12.7. The predicted molar refractivity (Wildman–Crippen MR) is 79.8 cm³/mol. The van der Waals surface area contributed by atoms with Gasteiger partial charge in [0.25, 0.3) is 0 Å². The van der Waals surface area contributed by atoms with E-state index in [1.807, 2.05) is 0 Å². The zero-order valence-corrected chi connectivity index (χ0v) is 13.0. The summed E-state index contributed by atoms with van der Waals surface area (Å²) in [6.07, 6.45) is -2.32. The highest BCUT2D eigenvalue weighted by atomic mass is 19.4. The van der Waals surface area contributed by atoms with Crippen LogP contribution in [0.25, 0.3) is 0 Å². The summed E-state index contributed by atoms with van der Waals surface area (Å²) in [6, 6.07) is 5.15. The van der Waals surface area contributed by atoms with Gasteiger partial charge in [0, 0.05) is 19.7 Å². The van der Waals surface area contributed by atoms with E-state index in [4.69, 9.17) is 4.74 Å². The fourth-order valence-electron chi connectivity index (χ4n) is 2.55. The maximum Gasteiger partial charge on any atom is 0.416 e. The van der Waals surface area contributed by atoms with Crippen molar-refractivity contribution in [3.63, 3.8) is 0 Å². The molecule has 1 aromatic rings. The molecule has 1 heterocycles. The lowest BCUT2D eigenvalue weighted by atomic mass is 10.1. The molecule has 1 aliphatic rings. The van der Waals surface area contributed by atoms with Crippen LogP contribution in [0, 0.1) is 0 Å². The maximum atomic E-state index is 12.7. The van der Waals surface area contributed by atoms with Crippen LogP contribution in [0.2, 0.25) is 0 Å². The van der Waals surface area contributed by atoms with Crippen LogP contribution in [0.3, 0.4) is 0 Å². The van der Waals surface area contributed by atoms with E-state index in [0.29, 0.717) is 12.1 Å². The average Bonchev–Trinajstić information content (AvgIpc) is 2.97. The molecule has 128 valence electrons. The van der Waals surface area contributed by atoms with E-state index in [9.17, 15) is 18.0 Å². The molecule has 1 fully saturated rings. The van der Waals surface area contributed by atoms with Gasteiger partial charge in [0.05, 0.1) is 18.2 Å². The second-order valence-electron chi connectivity index (χ2n) is 5.81. The largest absolute Gasteiger partial charge is 0.416 e. The zero-order chi connectivity index (χ0) is 16.9. The summed E-state index contributed by atoms with van der Waals surface area (Å²) in [4.78, 5) is 13.5. The van der Waals surface area contributed by atoms with Gasteiger partial charge in [-0.3, -0.25) is 9.69 Å². The number of halogens is 3. The van der Waals surface area contributed by atoms with Crippen LogP contribution >= 0.6 is 0 Å². The monoisotopic (exact) mass is 330 g/mol. The molecule has 0 bridgehead atoms. The summed E-state index contributed by atoms with van der Waals surface area (Å²) in [6.45, 7) is 1.62. The van der Waals surface area contributed by atoms with E-state index < -0.39 is 11.7 Å². The lowest BCUT2D eigenvalue weighted by Crippen LogP contribution is -2.38. The van der Waals surface area contributed by atoms with Crippen molar-refractivity contribution in [2.75, 3.05) is 26.7 Å². The van der Waals surface area contributed by atoms with Gasteiger partial charge in [-0.05, 0) is 31.5 Å². The number of hydrogen-bond acceptors (Lipinski definition) is 3. The van der Waals surface area contributed by atoms with Crippen LogP contribution in [0.5, 0.6) is 0 Å². The molecule has 1 saturated heterocycles. The molecule has 0 aromatic heterocycles. The molecule has 4 nitrogen and oxygen atoms in total. The summed E-state index contributed by atoms with van der Waals surface area (Å²) >= 11 is 0. The first-order chi connectivity index (χ1) is 10.8. The fraction of sp³-hybridized carbons (Fsp3) is 0.562. The molecule has 0 saturated carbocycles. The SMILES string of the molecule is CN(CC(=O)NCC1CCCO1)Cc1cccc(C(F)(F)F)c1. The highest BCUT2D eigenvalue weighted by molar-refractivity contribution is 5.78. The second-order valence-corrected chi connectivity index (χ2v) is 5.81. The van der Waals surface area contributed by atoms with Gasteiger partial charge >= 0.3 is 6.18 Å². The quantitative estimate of drug-likeness (QED) is 0.871. The number of ether oxygens (including phenoxy) is 1. The summed E-state index contributed by atoms with van der Waals surface area (Å²) in [5.41, 5.74) is -0.152. The molecule has 1 aromatic carbocycles. The number of nitrogens with zero attached hydrogens (tertiary/aromatic N) is 1. The number of likely N-dealkylation sites (N-methyl/N-ethyl adjacent to an activating group) is 1. The summed E-state index contributed by atoms with van der Waals surface area (Å²) in [5, 5.41) is 2.79. The zero-order valence-electron chi connectivity index (χ0n) is 13.0. The minimum Gasteiger partial charge on any atom is -0.376 e. The number of carbonyl (C=O) groups is 1. The van der Waals surface area contributed by atoms with Crippen molar-refractivity contribution in [2.24, 2.45) is 0 Å². The lowest BCUT2D eigenvalue weighted by Gasteiger charge is -2.18. The molecule has 0 radical (unpaired) electrons. The van der Waals surface area contributed by atoms with E-state index in [2.05, 4.69) is 5.32 Å². The Morgan fingerprint density at radius 3 is 2.87 bits per heavy atom. The standard InChI is InChI=1S/C16H21F3N2O2/c1-21(11-15(22)20-9-14-6-3-7-23-14)10-12-4-2-5-13(8-12)16(17,18)19/h2,4-5,8,14H,3,6-7,9-11H2,1H3,(H,20,22). The van der Waals surface area contributed by atoms with Crippen LogP contribution in [0.15, 0.2) is 24.3 Å². The number of benzene rings is 1. The molecule has 1 unspecified atom stereocenters. The highest BCUT2D eigenvalue weighted by Gasteiger charge is 2.30. The van der Waals surface area contributed by atoms with Gasteiger partial charge < -0.3 is 10.1 Å². The predicted octanol–water partition coefficient (Wildman–Crippen LogP) is 2.43. The van der Waals surface area contributed by atoms with Gasteiger partial charge in [-0.25, -0.2) is 0 Å². The summed E-state index contributed by atoms with van der Waals surface area (Å²) in [5.74, 6) is -0.157. The van der Waals surface area contributed by atoms with Crippen molar-refractivity contribution in [3.8, 4) is 0 Å². The van der Waals surface area contributed by atoms with Crippen molar-refractivity contribution in [1.29, 1.82) is 0 Å². The Kier molecular flexibility index (Phi) is 6.01. The normalized spacial score (nSPS) is 18.4. The van der Waals surface area contributed by atoms with E-state index in [-0.39, 0.29) is 25.1 Å². The minimum absolute atomic E-state index is 0.0766. The van der Waals surface area contributed by atoms with Gasteiger partial charge in [-0.1, -0.05) is 18.2 Å². The fourth-order valence-corrected chi connectivity index (χ4v) is 2.55. The lowest BCUT2D eigenvalue weighted by molar-refractivity contribution is -0.137. The van der Waals surface area contributed by atoms with Crippen LogP contribution in [-0.2, 0) is 22.3 Å². The number of hydrogen-bond donors (Lipinski definition) is 1. The summed E-state index contributed by atoms with van der Waals surface area (Å²) in [7, 11) is 1.70. The van der Waals surface area contributed by atoms with Crippen molar-refractivity contribution in [3.05, 3.63) is 35.4 Å². The van der Waals surface area contributed by atoms with Crippen LogP contribution in [-0.4, -0.2) is 43.7 Å². The Morgan fingerprint density at radius 1 is 1.43 bits per heavy atom.